The molecule has 2 aliphatic carbocycles. The summed E-state index contributed by atoms with van der Waals surface area (Å²) >= 11 is 0. The number of hydrogen-bond acceptors (Lipinski definition) is 3. The van der Waals surface area contributed by atoms with E-state index in [1.54, 1.807) is 6.07 Å². The van der Waals surface area contributed by atoms with Gasteiger partial charge >= 0.3 is 5.97 Å². The zero-order valence-corrected chi connectivity index (χ0v) is 18.8. The van der Waals surface area contributed by atoms with Crippen molar-refractivity contribution in [1.29, 1.82) is 0 Å². The molecule has 0 radical (unpaired) electrons. The number of nitrogens with one attached hydrogen (secondary N) is 1. The fourth-order valence-electron chi connectivity index (χ4n) is 6.57. The highest BCUT2D eigenvalue weighted by Crippen LogP contribution is 2.63. The number of fused-ring (bicyclic) bond motifs is 7. The van der Waals surface area contributed by atoms with Crippen LogP contribution in [0.4, 0.5) is 5.69 Å². The molecule has 0 amide bonds. The third kappa shape index (κ3) is 3.58. The number of carboxylic acid groups (broad SMARTS) is 1. The molecule has 0 aromatic heterocycles. The molecule has 4 nitrogen and oxygen atoms in total. The van der Waals surface area contributed by atoms with Crippen LogP contribution in [-0.2, 0) is 6.61 Å². The highest BCUT2D eigenvalue weighted by Gasteiger charge is 2.53. The molecule has 3 aromatic carbocycles. The average Bonchev–Trinajstić information content (AvgIpc) is 3.46. The Morgan fingerprint density at radius 1 is 1.00 bits per heavy atom. The molecule has 4 heteroatoms. The van der Waals surface area contributed by atoms with Gasteiger partial charge in [0.05, 0.1) is 11.6 Å². The molecule has 2 N–H and O–H groups in total. The molecular weight excluding hydrogens is 410 g/mol. The van der Waals surface area contributed by atoms with E-state index < -0.39 is 5.97 Å². The van der Waals surface area contributed by atoms with Crippen LogP contribution in [0.3, 0.4) is 0 Å². The average molecular weight is 440 g/mol. The van der Waals surface area contributed by atoms with E-state index in [0.29, 0.717) is 35.8 Å². The summed E-state index contributed by atoms with van der Waals surface area (Å²) in [6.45, 7) is 2.65. The van der Waals surface area contributed by atoms with Crippen LogP contribution in [0.1, 0.15) is 63.8 Å². The number of rotatable bonds is 5. The van der Waals surface area contributed by atoms with Crippen LogP contribution in [0.25, 0.3) is 0 Å². The van der Waals surface area contributed by atoms with Gasteiger partial charge in [0.15, 0.2) is 0 Å². The standard InChI is InChI=1S/C29H29NO3/c1-17-2-4-18(5-3-17)16-33-23-11-8-19(9-12-23)28-27-21-7-6-20(14-21)26(27)24-15-22(29(31)32)10-13-25(24)30-28/h2-5,8-13,15,20-21,26-28,30H,6-7,14,16H2,1H3,(H,31,32)/t20-,21-,26+,27-,28-/m0/s1. The van der Waals surface area contributed by atoms with Crippen LogP contribution in [0.2, 0.25) is 0 Å². The molecule has 0 saturated heterocycles. The molecule has 3 aliphatic rings. The number of hydrogen-bond donors (Lipinski definition) is 2. The first-order valence-corrected chi connectivity index (χ1v) is 12.0. The number of aryl methyl sites for hydroxylation is 1. The summed E-state index contributed by atoms with van der Waals surface area (Å²) < 4.78 is 6.03. The first kappa shape index (κ1) is 20.3. The smallest absolute Gasteiger partial charge is 0.335 e. The maximum absolute atomic E-state index is 11.6. The van der Waals surface area contributed by atoms with Gasteiger partial charge in [-0.1, -0.05) is 42.0 Å². The van der Waals surface area contributed by atoms with Gasteiger partial charge in [0, 0.05) is 5.69 Å². The largest absolute Gasteiger partial charge is 0.489 e. The number of benzene rings is 3. The van der Waals surface area contributed by atoms with Gasteiger partial charge in [0.1, 0.15) is 12.4 Å². The fourth-order valence-corrected chi connectivity index (χ4v) is 6.57. The molecule has 1 aliphatic heterocycles. The Labute approximate surface area is 194 Å². The summed E-state index contributed by atoms with van der Waals surface area (Å²) in [5, 5.41) is 13.3. The Balaban J connectivity index is 1.25. The van der Waals surface area contributed by atoms with E-state index in [1.165, 1.54) is 41.5 Å². The number of carbonyl (C=O) groups is 1. The van der Waals surface area contributed by atoms with Crippen LogP contribution < -0.4 is 10.1 Å². The highest BCUT2D eigenvalue weighted by molar-refractivity contribution is 5.88. The number of anilines is 1. The second-order valence-electron chi connectivity index (χ2n) is 10.0. The van der Waals surface area contributed by atoms with E-state index in [-0.39, 0.29) is 6.04 Å². The molecule has 2 saturated carbocycles. The van der Waals surface area contributed by atoms with Crippen molar-refractivity contribution in [3.8, 4) is 5.75 Å². The topological polar surface area (TPSA) is 58.6 Å². The summed E-state index contributed by atoms with van der Waals surface area (Å²) in [4.78, 5) is 11.6. The van der Waals surface area contributed by atoms with Crippen molar-refractivity contribution in [3.05, 3.63) is 94.5 Å². The predicted molar refractivity (Wildman–Crippen MR) is 129 cm³/mol. The lowest BCUT2D eigenvalue weighted by Crippen LogP contribution is -2.35. The Bertz CT molecular complexity index is 1180. The Morgan fingerprint density at radius 2 is 1.76 bits per heavy atom. The number of carboxylic acids is 1. The molecule has 0 spiro atoms. The molecular formula is C29H29NO3. The van der Waals surface area contributed by atoms with Gasteiger partial charge in [-0.05, 0) is 96.9 Å². The van der Waals surface area contributed by atoms with Crippen molar-refractivity contribution in [2.24, 2.45) is 17.8 Å². The van der Waals surface area contributed by atoms with Gasteiger partial charge in [-0.3, -0.25) is 0 Å². The van der Waals surface area contributed by atoms with Crippen molar-refractivity contribution < 1.29 is 14.6 Å². The molecule has 3 aromatic rings. The third-order valence-electron chi connectivity index (χ3n) is 8.10. The zero-order valence-electron chi connectivity index (χ0n) is 18.8. The first-order valence-electron chi connectivity index (χ1n) is 12.0. The predicted octanol–water partition coefficient (Wildman–Crippen LogP) is 6.57. The summed E-state index contributed by atoms with van der Waals surface area (Å²) in [7, 11) is 0. The van der Waals surface area contributed by atoms with Gasteiger partial charge in [-0.25, -0.2) is 4.79 Å². The van der Waals surface area contributed by atoms with Crippen molar-refractivity contribution in [2.45, 2.75) is 44.8 Å². The van der Waals surface area contributed by atoms with Gasteiger partial charge < -0.3 is 15.2 Å². The maximum Gasteiger partial charge on any atom is 0.335 e. The normalized spacial score (nSPS) is 26.9. The minimum atomic E-state index is -0.846. The minimum absolute atomic E-state index is 0.250. The summed E-state index contributed by atoms with van der Waals surface area (Å²) in [6, 6.07) is 22.8. The van der Waals surface area contributed by atoms with Crippen molar-refractivity contribution in [2.75, 3.05) is 5.32 Å². The lowest BCUT2D eigenvalue weighted by atomic mass is 9.68. The second kappa shape index (κ2) is 7.95. The summed E-state index contributed by atoms with van der Waals surface area (Å²) in [5.41, 5.74) is 6.40. The molecule has 2 fully saturated rings. The zero-order chi connectivity index (χ0) is 22.5. The van der Waals surface area contributed by atoms with Gasteiger partial charge in [-0.15, -0.1) is 0 Å². The van der Waals surface area contributed by atoms with Crippen molar-refractivity contribution in [3.63, 3.8) is 0 Å². The van der Waals surface area contributed by atoms with Gasteiger partial charge in [-0.2, -0.15) is 0 Å². The molecule has 6 rings (SSSR count). The molecule has 2 bridgehead atoms. The highest BCUT2D eigenvalue weighted by atomic mass is 16.5. The van der Waals surface area contributed by atoms with Crippen LogP contribution in [-0.4, -0.2) is 11.1 Å². The van der Waals surface area contributed by atoms with E-state index in [0.717, 1.165) is 11.4 Å². The molecule has 5 atom stereocenters. The van der Waals surface area contributed by atoms with Crippen LogP contribution in [0.15, 0.2) is 66.7 Å². The first-order chi connectivity index (χ1) is 16.1. The molecule has 33 heavy (non-hydrogen) atoms. The van der Waals surface area contributed by atoms with E-state index in [1.807, 2.05) is 12.1 Å². The lowest BCUT2D eigenvalue weighted by Gasteiger charge is -2.43. The van der Waals surface area contributed by atoms with Gasteiger partial charge in [0.2, 0.25) is 0 Å². The number of ether oxygens (including phenoxy) is 1. The van der Waals surface area contributed by atoms with Crippen molar-refractivity contribution >= 4 is 11.7 Å². The fraction of sp³-hybridized carbons (Fsp3) is 0.345. The minimum Gasteiger partial charge on any atom is -0.489 e. The van der Waals surface area contributed by atoms with Crippen LogP contribution >= 0.6 is 0 Å². The van der Waals surface area contributed by atoms with E-state index >= 15 is 0 Å². The van der Waals surface area contributed by atoms with Crippen LogP contribution in [0.5, 0.6) is 5.75 Å². The summed E-state index contributed by atoms with van der Waals surface area (Å²) in [5.74, 6) is 2.37. The van der Waals surface area contributed by atoms with Crippen LogP contribution in [0, 0.1) is 24.7 Å². The van der Waals surface area contributed by atoms with E-state index in [4.69, 9.17) is 4.74 Å². The van der Waals surface area contributed by atoms with E-state index in [2.05, 4.69) is 60.8 Å². The monoisotopic (exact) mass is 439 g/mol. The lowest BCUT2D eigenvalue weighted by molar-refractivity contribution is 0.0696. The Hall–Kier alpha value is -3.27. The quantitative estimate of drug-likeness (QED) is 0.472. The summed E-state index contributed by atoms with van der Waals surface area (Å²) in [6.07, 6.45) is 3.82. The van der Waals surface area contributed by atoms with E-state index in [9.17, 15) is 9.90 Å². The Kier molecular flexibility index (Phi) is 4.90. The third-order valence-corrected chi connectivity index (χ3v) is 8.10. The molecule has 1 heterocycles. The SMILES string of the molecule is Cc1ccc(COc2ccc([C@@H]3Nc4ccc(C(=O)O)cc4[C@H]4[C@H]5CC[C@@H](C5)[C@@H]43)cc2)cc1. The molecule has 168 valence electrons. The van der Waals surface area contributed by atoms with Crippen molar-refractivity contribution in [1.82, 2.24) is 0 Å². The second-order valence-corrected chi connectivity index (χ2v) is 10.0. The number of aromatic carboxylic acids is 1. The maximum atomic E-state index is 11.6. The van der Waals surface area contributed by atoms with Gasteiger partial charge in [0.25, 0.3) is 0 Å². The Morgan fingerprint density at radius 3 is 2.52 bits per heavy atom. The molecule has 0 unspecified atom stereocenters.